The van der Waals surface area contributed by atoms with Crippen molar-refractivity contribution in [3.63, 3.8) is 0 Å². The molecule has 2 aromatic rings. The predicted molar refractivity (Wildman–Crippen MR) is 80.4 cm³/mol. The highest BCUT2D eigenvalue weighted by Crippen LogP contribution is 2.28. The van der Waals surface area contributed by atoms with Crippen LogP contribution in [0.4, 0.5) is 5.69 Å². The van der Waals surface area contributed by atoms with E-state index in [1.807, 2.05) is 32.0 Å². The van der Waals surface area contributed by atoms with Gasteiger partial charge in [0.2, 0.25) is 0 Å². The second kappa shape index (κ2) is 6.48. The quantitative estimate of drug-likeness (QED) is 0.879. The molecular weight excluding hydrogens is 276 g/mol. The molecule has 0 unspecified atom stereocenters. The zero-order valence-corrected chi connectivity index (χ0v) is 12.2. The lowest BCUT2D eigenvalue weighted by Gasteiger charge is -2.13. The molecule has 0 aliphatic heterocycles. The molecular formula is C15H17ClN2O2. The van der Waals surface area contributed by atoms with Crippen molar-refractivity contribution in [2.75, 3.05) is 5.32 Å². The van der Waals surface area contributed by atoms with E-state index >= 15 is 0 Å². The van der Waals surface area contributed by atoms with E-state index in [0.717, 1.165) is 11.4 Å². The Kier molecular flexibility index (Phi) is 4.69. The zero-order chi connectivity index (χ0) is 14.5. The van der Waals surface area contributed by atoms with Crippen molar-refractivity contribution in [3.05, 3.63) is 47.2 Å². The minimum absolute atomic E-state index is 0.0903. The number of ether oxygens (including phenoxy) is 1. The molecule has 1 aromatic carbocycles. The molecule has 0 radical (unpaired) electrons. The molecule has 0 saturated carbocycles. The van der Waals surface area contributed by atoms with E-state index in [1.165, 1.54) is 6.20 Å². The first-order valence-electron chi connectivity index (χ1n) is 6.38. The van der Waals surface area contributed by atoms with Crippen LogP contribution < -0.4 is 10.1 Å². The van der Waals surface area contributed by atoms with Crippen molar-refractivity contribution >= 4 is 17.3 Å². The van der Waals surface area contributed by atoms with Crippen LogP contribution in [-0.2, 0) is 6.54 Å². The SMILES string of the molecule is CC(C)Oc1ccc(NCc2ccc(O)cn2)cc1Cl. The Morgan fingerprint density at radius 2 is 2.10 bits per heavy atom. The van der Waals surface area contributed by atoms with E-state index in [1.54, 1.807) is 12.1 Å². The van der Waals surface area contributed by atoms with Crippen LogP contribution in [0.25, 0.3) is 0 Å². The highest BCUT2D eigenvalue weighted by atomic mass is 35.5. The van der Waals surface area contributed by atoms with Crippen LogP contribution in [-0.4, -0.2) is 16.2 Å². The Labute approximate surface area is 123 Å². The number of nitrogens with one attached hydrogen (secondary N) is 1. The summed E-state index contributed by atoms with van der Waals surface area (Å²) in [4.78, 5) is 4.10. The van der Waals surface area contributed by atoms with E-state index in [2.05, 4.69) is 10.3 Å². The molecule has 0 atom stereocenters. The van der Waals surface area contributed by atoms with Gasteiger partial charge in [-0.05, 0) is 44.2 Å². The van der Waals surface area contributed by atoms with Crippen LogP contribution in [0.1, 0.15) is 19.5 Å². The van der Waals surface area contributed by atoms with E-state index in [9.17, 15) is 0 Å². The molecule has 0 aliphatic carbocycles. The average molecular weight is 293 g/mol. The van der Waals surface area contributed by atoms with Gasteiger partial charge in [-0.15, -0.1) is 0 Å². The highest BCUT2D eigenvalue weighted by molar-refractivity contribution is 6.32. The molecule has 0 aliphatic rings. The Bertz CT molecular complexity index is 571. The lowest BCUT2D eigenvalue weighted by molar-refractivity contribution is 0.242. The normalized spacial score (nSPS) is 10.6. The molecule has 4 nitrogen and oxygen atoms in total. The van der Waals surface area contributed by atoms with Crippen molar-refractivity contribution in [2.24, 2.45) is 0 Å². The van der Waals surface area contributed by atoms with Crippen molar-refractivity contribution < 1.29 is 9.84 Å². The van der Waals surface area contributed by atoms with Gasteiger partial charge in [-0.3, -0.25) is 4.98 Å². The number of hydrogen-bond donors (Lipinski definition) is 2. The molecule has 0 saturated heterocycles. The molecule has 0 amide bonds. The topological polar surface area (TPSA) is 54.4 Å². The Morgan fingerprint density at radius 1 is 1.30 bits per heavy atom. The van der Waals surface area contributed by atoms with Gasteiger partial charge in [0.25, 0.3) is 0 Å². The number of halogens is 1. The Morgan fingerprint density at radius 3 is 2.70 bits per heavy atom. The summed E-state index contributed by atoms with van der Waals surface area (Å²) in [7, 11) is 0. The van der Waals surface area contributed by atoms with E-state index < -0.39 is 0 Å². The van der Waals surface area contributed by atoms with Crippen LogP contribution in [0.15, 0.2) is 36.5 Å². The smallest absolute Gasteiger partial charge is 0.138 e. The minimum Gasteiger partial charge on any atom is -0.506 e. The molecule has 0 bridgehead atoms. The summed E-state index contributed by atoms with van der Waals surface area (Å²) in [5.41, 5.74) is 1.72. The Hall–Kier alpha value is -1.94. The standard InChI is InChI=1S/C15H17ClN2O2/c1-10(2)20-15-6-4-11(7-14(15)16)17-8-12-3-5-13(19)9-18-12/h3-7,9-10,17,19H,8H2,1-2H3. The molecule has 2 N–H and O–H groups in total. The molecule has 106 valence electrons. The number of hydrogen-bond acceptors (Lipinski definition) is 4. The fourth-order valence-electron chi connectivity index (χ4n) is 1.67. The second-order valence-corrected chi connectivity index (χ2v) is 5.08. The third-order valence-electron chi connectivity index (χ3n) is 2.58. The summed E-state index contributed by atoms with van der Waals surface area (Å²) in [6, 6.07) is 8.94. The molecule has 5 heteroatoms. The number of benzene rings is 1. The maximum atomic E-state index is 9.17. The maximum Gasteiger partial charge on any atom is 0.138 e. The summed E-state index contributed by atoms with van der Waals surface area (Å²) in [6.07, 6.45) is 1.51. The number of aromatic nitrogens is 1. The van der Waals surface area contributed by atoms with Crippen LogP contribution in [0.2, 0.25) is 5.02 Å². The first-order chi connectivity index (χ1) is 9.54. The molecule has 0 fully saturated rings. The first-order valence-corrected chi connectivity index (χ1v) is 6.76. The van der Waals surface area contributed by atoms with E-state index in [-0.39, 0.29) is 11.9 Å². The van der Waals surface area contributed by atoms with Gasteiger partial charge in [0.15, 0.2) is 0 Å². The van der Waals surface area contributed by atoms with Crippen molar-refractivity contribution in [2.45, 2.75) is 26.5 Å². The Balaban J connectivity index is 1.99. The summed E-state index contributed by atoms with van der Waals surface area (Å²) in [5, 5.41) is 13.0. The minimum atomic E-state index is 0.0903. The van der Waals surface area contributed by atoms with Gasteiger partial charge in [0, 0.05) is 5.69 Å². The van der Waals surface area contributed by atoms with Gasteiger partial charge in [-0.25, -0.2) is 0 Å². The van der Waals surface area contributed by atoms with Crippen LogP contribution in [0, 0.1) is 0 Å². The molecule has 0 spiro atoms. The summed E-state index contributed by atoms with van der Waals surface area (Å²) in [5.74, 6) is 0.835. The molecule has 1 aromatic heterocycles. The highest BCUT2D eigenvalue weighted by Gasteiger charge is 2.05. The van der Waals surface area contributed by atoms with Crippen LogP contribution in [0.5, 0.6) is 11.5 Å². The number of pyridine rings is 1. The van der Waals surface area contributed by atoms with Gasteiger partial charge in [0.1, 0.15) is 11.5 Å². The van der Waals surface area contributed by atoms with Crippen molar-refractivity contribution in [1.29, 1.82) is 0 Å². The van der Waals surface area contributed by atoms with E-state index in [4.69, 9.17) is 21.4 Å². The van der Waals surface area contributed by atoms with Crippen molar-refractivity contribution in [3.8, 4) is 11.5 Å². The number of aromatic hydroxyl groups is 1. The predicted octanol–water partition coefficient (Wildman–Crippen LogP) is 3.84. The fraction of sp³-hybridized carbons (Fsp3) is 0.267. The molecule has 1 heterocycles. The number of nitrogens with zero attached hydrogens (tertiary/aromatic N) is 1. The lowest BCUT2D eigenvalue weighted by atomic mass is 10.2. The largest absolute Gasteiger partial charge is 0.506 e. The lowest BCUT2D eigenvalue weighted by Crippen LogP contribution is -2.06. The monoisotopic (exact) mass is 292 g/mol. The van der Waals surface area contributed by atoms with Crippen LogP contribution >= 0.6 is 11.6 Å². The van der Waals surface area contributed by atoms with E-state index in [0.29, 0.717) is 17.3 Å². The third kappa shape index (κ3) is 4.03. The van der Waals surface area contributed by atoms with Gasteiger partial charge < -0.3 is 15.2 Å². The average Bonchev–Trinajstić information content (AvgIpc) is 2.40. The van der Waals surface area contributed by atoms with Gasteiger partial charge >= 0.3 is 0 Å². The van der Waals surface area contributed by atoms with Crippen molar-refractivity contribution in [1.82, 2.24) is 4.98 Å². The molecule has 2 rings (SSSR count). The van der Waals surface area contributed by atoms with Gasteiger partial charge in [0.05, 0.1) is 29.6 Å². The summed E-state index contributed by atoms with van der Waals surface area (Å²) >= 11 is 6.16. The molecule has 20 heavy (non-hydrogen) atoms. The number of anilines is 1. The second-order valence-electron chi connectivity index (χ2n) is 4.67. The maximum absolute atomic E-state index is 9.17. The number of rotatable bonds is 5. The first kappa shape index (κ1) is 14.5. The summed E-state index contributed by atoms with van der Waals surface area (Å²) in [6.45, 7) is 4.47. The summed E-state index contributed by atoms with van der Waals surface area (Å²) < 4.78 is 5.58. The van der Waals surface area contributed by atoms with Gasteiger partial charge in [-0.1, -0.05) is 11.6 Å². The zero-order valence-electron chi connectivity index (χ0n) is 11.4. The van der Waals surface area contributed by atoms with Gasteiger partial charge in [-0.2, -0.15) is 0 Å². The fourth-order valence-corrected chi connectivity index (χ4v) is 1.90. The van der Waals surface area contributed by atoms with Crippen LogP contribution in [0.3, 0.4) is 0 Å². The third-order valence-corrected chi connectivity index (χ3v) is 2.87.